The van der Waals surface area contributed by atoms with Gasteiger partial charge in [-0.15, -0.1) is 0 Å². The summed E-state index contributed by atoms with van der Waals surface area (Å²) in [5.74, 6) is 0.0467. The number of para-hydroxylation sites is 1. The van der Waals surface area contributed by atoms with Gasteiger partial charge in [0.05, 0.1) is 22.4 Å². The van der Waals surface area contributed by atoms with Crippen LogP contribution in [0.25, 0.3) is 10.2 Å². The predicted octanol–water partition coefficient (Wildman–Crippen LogP) is 4.05. The SMILES string of the molecule is CCOC(=O)c1ccc2nc(NC(=O)COc3ccccc3CC)sc2c1. The fraction of sp³-hybridized carbons (Fsp3) is 0.250. The summed E-state index contributed by atoms with van der Waals surface area (Å²) >= 11 is 1.30. The summed E-state index contributed by atoms with van der Waals surface area (Å²) in [6.45, 7) is 4.02. The number of thiazole rings is 1. The lowest BCUT2D eigenvalue weighted by Gasteiger charge is -2.09. The van der Waals surface area contributed by atoms with E-state index in [1.54, 1.807) is 25.1 Å². The Kier molecular flexibility index (Phi) is 6.03. The Labute approximate surface area is 161 Å². The maximum atomic E-state index is 12.2. The van der Waals surface area contributed by atoms with E-state index in [-0.39, 0.29) is 18.5 Å². The van der Waals surface area contributed by atoms with Gasteiger partial charge in [-0.1, -0.05) is 36.5 Å². The lowest BCUT2D eigenvalue weighted by Crippen LogP contribution is -2.20. The molecule has 0 saturated heterocycles. The molecule has 0 radical (unpaired) electrons. The number of fused-ring (bicyclic) bond motifs is 1. The number of aromatic nitrogens is 1. The van der Waals surface area contributed by atoms with Crippen molar-refractivity contribution in [1.29, 1.82) is 0 Å². The summed E-state index contributed by atoms with van der Waals surface area (Å²) in [6.07, 6.45) is 0.832. The van der Waals surface area contributed by atoms with E-state index in [0.717, 1.165) is 16.7 Å². The van der Waals surface area contributed by atoms with Crippen molar-refractivity contribution in [3.05, 3.63) is 53.6 Å². The van der Waals surface area contributed by atoms with E-state index in [1.165, 1.54) is 11.3 Å². The number of amides is 1. The Morgan fingerprint density at radius 1 is 1.15 bits per heavy atom. The first-order valence-electron chi connectivity index (χ1n) is 8.69. The van der Waals surface area contributed by atoms with Gasteiger partial charge in [-0.2, -0.15) is 0 Å². The zero-order valence-corrected chi connectivity index (χ0v) is 16.0. The second kappa shape index (κ2) is 8.64. The molecule has 0 aliphatic rings. The molecule has 6 nitrogen and oxygen atoms in total. The van der Waals surface area contributed by atoms with E-state index in [4.69, 9.17) is 9.47 Å². The number of hydrogen-bond acceptors (Lipinski definition) is 6. The number of rotatable bonds is 7. The normalized spacial score (nSPS) is 10.6. The van der Waals surface area contributed by atoms with Crippen molar-refractivity contribution in [2.45, 2.75) is 20.3 Å². The Morgan fingerprint density at radius 3 is 2.74 bits per heavy atom. The third-order valence-corrected chi connectivity index (χ3v) is 4.79. The zero-order chi connectivity index (χ0) is 19.2. The molecule has 3 aromatic rings. The molecule has 140 valence electrons. The molecule has 0 aliphatic carbocycles. The smallest absolute Gasteiger partial charge is 0.338 e. The minimum absolute atomic E-state index is 0.0962. The Bertz CT molecular complexity index is 968. The van der Waals surface area contributed by atoms with Gasteiger partial charge in [-0.3, -0.25) is 10.1 Å². The maximum Gasteiger partial charge on any atom is 0.338 e. The number of benzene rings is 2. The van der Waals surface area contributed by atoms with Crippen LogP contribution < -0.4 is 10.1 Å². The largest absolute Gasteiger partial charge is 0.483 e. The number of nitrogens with zero attached hydrogens (tertiary/aromatic N) is 1. The molecule has 0 saturated carbocycles. The minimum Gasteiger partial charge on any atom is -0.483 e. The maximum absolute atomic E-state index is 12.2. The number of carbonyl (C=O) groups is 2. The molecular weight excluding hydrogens is 364 g/mol. The van der Waals surface area contributed by atoms with Gasteiger partial charge in [-0.25, -0.2) is 9.78 Å². The van der Waals surface area contributed by atoms with E-state index in [0.29, 0.717) is 28.6 Å². The highest BCUT2D eigenvalue weighted by Crippen LogP contribution is 2.27. The first-order chi connectivity index (χ1) is 13.1. The number of anilines is 1. The third kappa shape index (κ3) is 4.62. The summed E-state index contributed by atoms with van der Waals surface area (Å²) in [6, 6.07) is 12.8. The second-order valence-corrected chi connectivity index (χ2v) is 6.75. The molecule has 1 N–H and O–H groups in total. The molecule has 7 heteroatoms. The molecule has 0 unspecified atom stereocenters. The lowest BCUT2D eigenvalue weighted by atomic mass is 10.1. The van der Waals surface area contributed by atoms with E-state index >= 15 is 0 Å². The van der Waals surface area contributed by atoms with Crippen LogP contribution >= 0.6 is 11.3 Å². The van der Waals surface area contributed by atoms with Gasteiger partial charge < -0.3 is 9.47 Å². The number of carbonyl (C=O) groups excluding carboxylic acids is 2. The van der Waals surface area contributed by atoms with Crippen LogP contribution in [-0.2, 0) is 16.0 Å². The monoisotopic (exact) mass is 384 g/mol. The quantitative estimate of drug-likeness (QED) is 0.622. The van der Waals surface area contributed by atoms with Crippen LogP contribution in [0.1, 0.15) is 29.8 Å². The van der Waals surface area contributed by atoms with E-state index in [1.807, 2.05) is 31.2 Å². The fourth-order valence-electron chi connectivity index (χ4n) is 2.55. The van der Waals surface area contributed by atoms with Crippen LogP contribution in [0.15, 0.2) is 42.5 Å². The van der Waals surface area contributed by atoms with Gasteiger partial charge in [0.2, 0.25) is 0 Å². The first kappa shape index (κ1) is 18.8. The summed E-state index contributed by atoms with van der Waals surface area (Å²) in [7, 11) is 0. The van der Waals surface area contributed by atoms with Crippen molar-refractivity contribution in [3.63, 3.8) is 0 Å². The number of ether oxygens (including phenoxy) is 2. The topological polar surface area (TPSA) is 77.5 Å². The van der Waals surface area contributed by atoms with Crippen molar-refractivity contribution in [2.24, 2.45) is 0 Å². The standard InChI is InChI=1S/C20H20N2O4S/c1-3-13-7-5-6-8-16(13)26-12-18(23)22-20-21-15-10-9-14(11-17(15)27-20)19(24)25-4-2/h5-11H,3-4,12H2,1-2H3,(H,21,22,23). The van der Waals surface area contributed by atoms with Crippen molar-refractivity contribution in [1.82, 2.24) is 4.98 Å². The van der Waals surface area contributed by atoms with Gasteiger partial charge in [0.25, 0.3) is 5.91 Å². The zero-order valence-electron chi connectivity index (χ0n) is 15.2. The molecule has 0 atom stereocenters. The van der Waals surface area contributed by atoms with Crippen molar-refractivity contribution < 1.29 is 19.1 Å². The molecule has 2 aromatic carbocycles. The van der Waals surface area contributed by atoms with Gasteiger partial charge >= 0.3 is 5.97 Å². The fourth-order valence-corrected chi connectivity index (χ4v) is 3.48. The van der Waals surface area contributed by atoms with Gasteiger partial charge in [0, 0.05) is 0 Å². The highest BCUT2D eigenvalue weighted by molar-refractivity contribution is 7.22. The van der Waals surface area contributed by atoms with Gasteiger partial charge in [0.1, 0.15) is 5.75 Å². The van der Waals surface area contributed by atoms with Crippen LogP contribution in [0.5, 0.6) is 5.75 Å². The molecule has 1 amide bonds. The van der Waals surface area contributed by atoms with Gasteiger partial charge in [-0.05, 0) is 43.2 Å². The molecule has 0 bridgehead atoms. The molecule has 0 fully saturated rings. The predicted molar refractivity (Wildman–Crippen MR) is 106 cm³/mol. The van der Waals surface area contributed by atoms with E-state index < -0.39 is 0 Å². The first-order valence-corrected chi connectivity index (χ1v) is 9.50. The molecule has 0 spiro atoms. The van der Waals surface area contributed by atoms with Crippen LogP contribution in [-0.4, -0.2) is 30.1 Å². The number of esters is 1. The van der Waals surface area contributed by atoms with Gasteiger partial charge in [0.15, 0.2) is 11.7 Å². The van der Waals surface area contributed by atoms with Crippen molar-refractivity contribution in [2.75, 3.05) is 18.5 Å². The van der Waals surface area contributed by atoms with Crippen LogP contribution in [0.4, 0.5) is 5.13 Å². The lowest BCUT2D eigenvalue weighted by molar-refractivity contribution is -0.118. The Hall–Kier alpha value is -2.93. The van der Waals surface area contributed by atoms with Crippen molar-refractivity contribution in [3.8, 4) is 5.75 Å². The highest BCUT2D eigenvalue weighted by Gasteiger charge is 2.12. The molecule has 1 heterocycles. The highest BCUT2D eigenvalue weighted by atomic mass is 32.1. The molecular formula is C20H20N2O4S. The number of aryl methyl sites for hydroxylation is 1. The number of nitrogens with one attached hydrogen (secondary N) is 1. The van der Waals surface area contributed by atoms with E-state index in [9.17, 15) is 9.59 Å². The van der Waals surface area contributed by atoms with Crippen LogP contribution in [0, 0.1) is 0 Å². The second-order valence-electron chi connectivity index (χ2n) is 5.72. The summed E-state index contributed by atoms with van der Waals surface area (Å²) in [5.41, 5.74) is 2.22. The Morgan fingerprint density at radius 2 is 1.96 bits per heavy atom. The molecule has 1 aromatic heterocycles. The summed E-state index contributed by atoms with van der Waals surface area (Å²) in [4.78, 5) is 28.4. The van der Waals surface area contributed by atoms with Crippen LogP contribution in [0.3, 0.4) is 0 Å². The molecule has 3 rings (SSSR count). The number of hydrogen-bond donors (Lipinski definition) is 1. The third-order valence-electron chi connectivity index (χ3n) is 3.86. The van der Waals surface area contributed by atoms with E-state index in [2.05, 4.69) is 10.3 Å². The molecule has 27 heavy (non-hydrogen) atoms. The minimum atomic E-state index is -0.374. The summed E-state index contributed by atoms with van der Waals surface area (Å²) < 4.78 is 11.4. The average Bonchev–Trinajstić information content (AvgIpc) is 3.08. The average molecular weight is 384 g/mol. The Balaban J connectivity index is 1.65. The van der Waals surface area contributed by atoms with Crippen LogP contribution in [0.2, 0.25) is 0 Å². The summed E-state index contributed by atoms with van der Waals surface area (Å²) in [5, 5.41) is 3.20. The molecule has 0 aliphatic heterocycles. The van der Waals surface area contributed by atoms with Crippen molar-refractivity contribution >= 4 is 38.6 Å².